The number of nitrogen functional groups attached to an aromatic ring is 1. The van der Waals surface area contributed by atoms with Crippen LogP contribution in [0.1, 0.15) is 12.5 Å². The van der Waals surface area contributed by atoms with Gasteiger partial charge in [-0.3, -0.25) is 4.98 Å². The van der Waals surface area contributed by atoms with Crippen molar-refractivity contribution in [2.24, 2.45) is 0 Å². The third kappa shape index (κ3) is 3.29. The summed E-state index contributed by atoms with van der Waals surface area (Å²) < 4.78 is 21.0. The van der Waals surface area contributed by atoms with Gasteiger partial charge in [-0.1, -0.05) is 24.3 Å². The lowest BCUT2D eigenvalue weighted by atomic mass is 10.2. The molecule has 8 heteroatoms. The van der Waals surface area contributed by atoms with E-state index < -0.39 is 5.82 Å². The van der Waals surface area contributed by atoms with E-state index in [2.05, 4.69) is 26.0 Å². The molecule has 0 fully saturated rings. The Morgan fingerprint density at radius 3 is 2.74 bits per heavy atom. The van der Waals surface area contributed by atoms with Crippen molar-refractivity contribution in [1.82, 2.24) is 24.5 Å². The van der Waals surface area contributed by atoms with Gasteiger partial charge in [0.05, 0.1) is 19.3 Å². The maximum Gasteiger partial charge on any atom is 0.320 e. The molecule has 0 spiro atoms. The van der Waals surface area contributed by atoms with Gasteiger partial charge in [-0.15, -0.1) is 0 Å². The fourth-order valence-corrected chi connectivity index (χ4v) is 2.81. The van der Waals surface area contributed by atoms with E-state index in [9.17, 15) is 4.39 Å². The molecule has 0 unspecified atom stereocenters. The van der Waals surface area contributed by atoms with Crippen molar-refractivity contribution < 1.29 is 9.13 Å². The number of fused-ring (bicyclic) bond motifs is 1. The van der Waals surface area contributed by atoms with Crippen LogP contribution in [0, 0.1) is 11.9 Å². The molecule has 0 aliphatic rings. The lowest BCUT2D eigenvalue weighted by molar-refractivity contribution is 0.314. The first kappa shape index (κ1) is 16.9. The van der Waals surface area contributed by atoms with Crippen LogP contribution in [0.15, 0.2) is 42.7 Å². The summed E-state index contributed by atoms with van der Waals surface area (Å²) in [7, 11) is 0. The number of aromatic nitrogens is 5. The number of nitrogens with two attached hydrogens (primary N) is 1. The first-order valence-corrected chi connectivity index (χ1v) is 8.38. The summed E-state index contributed by atoms with van der Waals surface area (Å²) in [6.07, 6.45) is 2.69. The highest BCUT2D eigenvalue weighted by molar-refractivity contribution is 5.85. The van der Waals surface area contributed by atoms with Crippen LogP contribution in [-0.4, -0.2) is 31.1 Å². The van der Waals surface area contributed by atoms with Crippen molar-refractivity contribution >= 4 is 17.0 Å². The molecule has 0 saturated heterocycles. The van der Waals surface area contributed by atoms with Crippen molar-refractivity contribution in [3.63, 3.8) is 0 Å². The number of rotatable bonds is 5. The van der Waals surface area contributed by atoms with Crippen molar-refractivity contribution in [2.75, 3.05) is 12.3 Å². The van der Waals surface area contributed by atoms with E-state index in [1.165, 1.54) is 6.07 Å². The van der Waals surface area contributed by atoms with E-state index >= 15 is 0 Å². The minimum atomic E-state index is -0.450. The zero-order valence-corrected chi connectivity index (χ0v) is 14.6. The Kier molecular flexibility index (Phi) is 4.37. The predicted octanol–water partition coefficient (Wildman–Crippen LogP) is 2.86. The Hall–Kier alpha value is -3.55. The molecule has 135 valence electrons. The summed E-state index contributed by atoms with van der Waals surface area (Å²) >= 11 is 0. The smallest absolute Gasteiger partial charge is 0.320 e. The van der Waals surface area contributed by atoms with Crippen LogP contribution in [-0.2, 0) is 6.54 Å². The van der Waals surface area contributed by atoms with Crippen molar-refractivity contribution in [3.05, 3.63) is 60.2 Å². The molecule has 0 aliphatic carbocycles. The molecule has 7 nitrogen and oxygen atoms in total. The van der Waals surface area contributed by atoms with Crippen LogP contribution >= 0.6 is 0 Å². The molecule has 2 N–H and O–H groups in total. The Balaban J connectivity index is 1.95. The summed E-state index contributed by atoms with van der Waals surface area (Å²) in [6, 6.07) is 12.1. The second-order valence-electron chi connectivity index (χ2n) is 5.82. The number of halogens is 1. The van der Waals surface area contributed by atoms with E-state index in [-0.39, 0.29) is 11.8 Å². The molecule has 0 aliphatic heterocycles. The molecular formula is C19H16FN6O. The number of imidazole rings is 1. The van der Waals surface area contributed by atoms with Gasteiger partial charge in [-0.05, 0) is 24.6 Å². The Morgan fingerprint density at radius 1 is 1.19 bits per heavy atom. The van der Waals surface area contributed by atoms with Gasteiger partial charge in [-0.2, -0.15) is 9.97 Å². The molecular weight excluding hydrogens is 347 g/mol. The van der Waals surface area contributed by atoms with Crippen LogP contribution in [0.3, 0.4) is 0 Å². The van der Waals surface area contributed by atoms with Gasteiger partial charge in [0, 0.05) is 11.8 Å². The quantitative estimate of drug-likeness (QED) is 0.586. The maximum atomic E-state index is 13.7. The molecule has 3 heterocycles. The van der Waals surface area contributed by atoms with E-state index in [1.54, 1.807) is 6.20 Å². The first-order chi connectivity index (χ1) is 13.2. The molecule has 4 rings (SSSR count). The largest absolute Gasteiger partial charge is 0.464 e. The second-order valence-corrected chi connectivity index (χ2v) is 5.82. The number of nitrogens with zero attached hydrogens (tertiary/aromatic N) is 5. The maximum absolute atomic E-state index is 13.7. The predicted molar refractivity (Wildman–Crippen MR) is 98.5 cm³/mol. The van der Waals surface area contributed by atoms with Crippen LogP contribution in [0.25, 0.3) is 22.6 Å². The summed E-state index contributed by atoms with van der Waals surface area (Å²) in [6.45, 7) is 2.71. The highest BCUT2D eigenvalue weighted by atomic mass is 19.1. The molecule has 0 atom stereocenters. The van der Waals surface area contributed by atoms with Crippen LogP contribution in [0.5, 0.6) is 6.01 Å². The minimum absolute atomic E-state index is 0.175. The van der Waals surface area contributed by atoms with Gasteiger partial charge in [0.25, 0.3) is 0 Å². The third-order valence-electron chi connectivity index (χ3n) is 3.97. The number of hydrogen-bond donors (Lipinski definition) is 1. The molecule has 4 aromatic rings. The fourth-order valence-electron chi connectivity index (χ4n) is 2.81. The zero-order valence-electron chi connectivity index (χ0n) is 14.6. The summed E-state index contributed by atoms with van der Waals surface area (Å²) in [5.41, 5.74) is 8.54. The third-order valence-corrected chi connectivity index (χ3v) is 3.97. The minimum Gasteiger partial charge on any atom is -0.464 e. The van der Waals surface area contributed by atoms with E-state index in [4.69, 9.17) is 10.5 Å². The Morgan fingerprint density at radius 2 is 2.00 bits per heavy atom. The number of anilines is 1. The molecule has 0 bridgehead atoms. The number of hydrogen-bond acceptors (Lipinski definition) is 6. The highest BCUT2D eigenvalue weighted by Crippen LogP contribution is 2.28. The standard InChI is InChI=1S/C19H16FN6O/c1-2-27-19-24-16(21)15-18(25-19)26(11-12-6-4-3-5-7-12)17(23-15)13-8-14(20)10-22-9-13/h4-10H,2,11H2,1H3,(H2,21,24,25). The molecule has 0 amide bonds. The molecule has 0 saturated carbocycles. The normalized spacial score (nSPS) is 11.0. The molecule has 1 radical (unpaired) electrons. The molecule has 27 heavy (non-hydrogen) atoms. The lowest BCUT2D eigenvalue weighted by Gasteiger charge is -2.09. The molecule has 3 aromatic heterocycles. The molecule has 1 aromatic carbocycles. The van der Waals surface area contributed by atoms with Crippen molar-refractivity contribution in [1.29, 1.82) is 0 Å². The van der Waals surface area contributed by atoms with Crippen LogP contribution < -0.4 is 10.5 Å². The van der Waals surface area contributed by atoms with Gasteiger partial charge in [0.2, 0.25) is 0 Å². The van der Waals surface area contributed by atoms with Crippen LogP contribution in [0.4, 0.5) is 10.2 Å². The average molecular weight is 363 g/mol. The SMILES string of the molecule is CCOc1nc(N)c2nc(-c3cncc(F)c3)n(Cc3cc[c]cc3)c2n1. The topological polar surface area (TPSA) is 91.7 Å². The zero-order chi connectivity index (χ0) is 18.8. The van der Waals surface area contributed by atoms with Gasteiger partial charge in [0.1, 0.15) is 11.6 Å². The average Bonchev–Trinajstić information content (AvgIpc) is 3.02. The Bertz CT molecular complexity index is 1100. The van der Waals surface area contributed by atoms with Crippen LogP contribution in [0.2, 0.25) is 0 Å². The Labute approximate surface area is 154 Å². The van der Waals surface area contributed by atoms with E-state index in [0.29, 0.717) is 35.7 Å². The lowest BCUT2D eigenvalue weighted by Crippen LogP contribution is -2.06. The first-order valence-electron chi connectivity index (χ1n) is 8.38. The van der Waals surface area contributed by atoms with Gasteiger partial charge < -0.3 is 15.0 Å². The van der Waals surface area contributed by atoms with Gasteiger partial charge in [-0.25, -0.2) is 9.37 Å². The summed E-state index contributed by atoms with van der Waals surface area (Å²) in [5.74, 6) is 0.253. The highest BCUT2D eigenvalue weighted by Gasteiger charge is 2.19. The summed E-state index contributed by atoms with van der Waals surface area (Å²) in [5, 5.41) is 0. The second kappa shape index (κ2) is 6.99. The monoisotopic (exact) mass is 363 g/mol. The van der Waals surface area contributed by atoms with Crippen molar-refractivity contribution in [2.45, 2.75) is 13.5 Å². The fraction of sp³-hybridized carbons (Fsp3) is 0.158. The van der Waals surface area contributed by atoms with Crippen molar-refractivity contribution in [3.8, 4) is 17.4 Å². The number of benzene rings is 1. The number of pyridine rings is 1. The number of ether oxygens (including phenoxy) is 1. The van der Waals surface area contributed by atoms with E-state index in [0.717, 1.165) is 11.8 Å². The van der Waals surface area contributed by atoms with Gasteiger partial charge in [0.15, 0.2) is 17.0 Å². The van der Waals surface area contributed by atoms with Gasteiger partial charge >= 0.3 is 6.01 Å². The summed E-state index contributed by atoms with van der Waals surface area (Å²) in [4.78, 5) is 17.1. The van der Waals surface area contributed by atoms with E-state index in [1.807, 2.05) is 35.8 Å².